The summed E-state index contributed by atoms with van der Waals surface area (Å²) in [5.41, 5.74) is 3.18. The molecule has 2 heteroatoms. The van der Waals surface area contributed by atoms with Gasteiger partial charge in [0.1, 0.15) is 6.29 Å². The summed E-state index contributed by atoms with van der Waals surface area (Å²) in [6.07, 6.45) is 2.80. The molecule has 0 unspecified atom stereocenters. The van der Waals surface area contributed by atoms with Gasteiger partial charge in [-0.3, -0.25) is 4.79 Å². The number of hydrogen-bond acceptors (Lipinski definition) is 1. The highest BCUT2D eigenvalue weighted by Gasteiger charge is 2.07. The SMILES string of the molecule is CCc1ccc(C=O)c(CC)c1Br. The summed E-state index contributed by atoms with van der Waals surface area (Å²) in [5, 5.41) is 0. The monoisotopic (exact) mass is 240 g/mol. The van der Waals surface area contributed by atoms with Crippen molar-refractivity contribution in [2.75, 3.05) is 0 Å². The van der Waals surface area contributed by atoms with E-state index in [1.54, 1.807) is 0 Å². The third kappa shape index (κ3) is 1.99. The Labute approximate surface area is 87.3 Å². The zero-order valence-electron chi connectivity index (χ0n) is 7.93. The molecule has 70 valence electrons. The van der Waals surface area contributed by atoms with Crippen molar-refractivity contribution in [1.29, 1.82) is 0 Å². The number of aldehydes is 1. The van der Waals surface area contributed by atoms with Crippen LogP contribution in [0.4, 0.5) is 0 Å². The van der Waals surface area contributed by atoms with Gasteiger partial charge in [0, 0.05) is 10.0 Å². The first-order valence-electron chi connectivity index (χ1n) is 4.50. The molecule has 1 aromatic carbocycles. The molecule has 0 amide bonds. The molecule has 0 aliphatic carbocycles. The van der Waals surface area contributed by atoms with Gasteiger partial charge < -0.3 is 0 Å². The Morgan fingerprint density at radius 1 is 1.31 bits per heavy atom. The summed E-state index contributed by atoms with van der Waals surface area (Å²) >= 11 is 3.53. The van der Waals surface area contributed by atoms with Gasteiger partial charge in [-0.1, -0.05) is 41.9 Å². The second-order valence-electron chi connectivity index (χ2n) is 2.93. The fraction of sp³-hybridized carbons (Fsp3) is 0.364. The van der Waals surface area contributed by atoms with Crippen molar-refractivity contribution in [3.05, 3.63) is 33.3 Å². The highest BCUT2D eigenvalue weighted by Crippen LogP contribution is 2.25. The summed E-state index contributed by atoms with van der Waals surface area (Å²) in [6.45, 7) is 4.17. The van der Waals surface area contributed by atoms with Crippen LogP contribution in [0, 0.1) is 0 Å². The lowest BCUT2D eigenvalue weighted by Gasteiger charge is -2.08. The maximum Gasteiger partial charge on any atom is 0.150 e. The number of aryl methyl sites for hydroxylation is 1. The summed E-state index contributed by atoms with van der Waals surface area (Å²) in [5.74, 6) is 0. The van der Waals surface area contributed by atoms with E-state index in [0.29, 0.717) is 0 Å². The van der Waals surface area contributed by atoms with Crippen LogP contribution in [0.15, 0.2) is 16.6 Å². The van der Waals surface area contributed by atoms with Crippen LogP contribution in [0.3, 0.4) is 0 Å². The summed E-state index contributed by atoms with van der Waals surface area (Å²) in [7, 11) is 0. The Morgan fingerprint density at radius 3 is 2.46 bits per heavy atom. The van der Waals surface area contributed by atoms with Gasteiger partial charge >= 0.3 is 0 Å². The quantitative estimate of drug-likeness (QED) is 0.741. The van der Waals surface area contributed by atoms with Crippen molar-refractivity contribution in [1.82, 2.24) is 0 Å². The molecule has 0 heterocycles. The van der Waals surface area contributed by atoms with Crippen molar-refractivity contribution in [2.45, 2.75) is 26.7 Å². The van der Waals surface area contributed by atoms with Gasteiger partial charge in [0.15, 0.2) is 0 Å². The molecule has 1 aromatic rings. The molecule has 0 bridgehead atoms. The predicted octanol–water partition coefficient (Wildman–Crippen LogP) is 3.39. The van der Waals surface area contributed by atoms with E-state index in [0.717, 1.165) is 34.7 Å². The minimum Gasteiger partial charge on any atom is -0.298 e. The Bertz CT molecular complexity index is 318. The van der Waals surface area contributed by atoms with Crippen molar-refractivity contribution in [3.63, 3.8) is 0 Å². The second kappa shape index (κ2) is 4.56. The molecule has 0 radical (unpaired) electrons. The van der Waals surface area contributed by atoms with Gasteiger partial charge in [0.2, 0.25) is 0 Å². The number of rotatable bonds is 3. The van der Waals surface area contributed by atoms with Gasteiger partial charge in [-0.05, 0) is 24.0 Å². The van der Waals surface area contributed by atoms with Crippen LogP contribution in [0.25, 0.3) is 0 Å². The Balaban J connectivity index is 3.31. The van der Waals surface area contributed by atoms with E-state index in [1.807, 2.05) is 12.1 Å². The first kappa shape index (κ1) is 10.5. The van der Waals surface area contributed by atoms with Crippen molar-refractivity contribution in [3.8, 4) is 0 Å². The lowest BCUT2D eigenvalue weighted by molar-refractivity contribution is 0.112. The lowest BCUT2D eigenvalue weighted by Crippen LogP contribution is -1.96. The first-order valence-corrected chi connectivity index (χ1v) is 5.29. The number of benzene rings is 1. The number of carbonyl (C=O) groups is 1. The van der Waals surface area contributed by atoms with Crippen LogP contribution in [0.1, 0.15) is 35.3 Å². The highest BCUT2D eigenvalue weighted by molar-refractivity contribution is 9.10. The van der Waals surface area contributed by atoms with E-state index in [9.17, 15) is 4.79 Å². The summed E-state index contributed by atoms with van der Waals surface area (Å²) in [4.78, 5) is 10.7. The van der Waals surface area contributed by atoms with Crippen LogP contribution in [0.5, 0.6) is 0 Å². The molecule has 0 N–H and O–H groups in total. The molecule has 0 saturated heterocycles. The van der Waals surface area contributed by atoms with E-state index in [1.165, 1.54) is 5.56 Å². The maximum atomic E-state index is 10.7. The Hall–Kier alpha value is -0.630. The van der Waals surface area contributed by atoms with Gasteiger partial charge in [-0.25, -0.2) is 0 Å². The maximum absolute atomic E-state index is 10.7. The van der Waals surface area contributed by atoms with Gasteiger partial charge in [0.05, 0.1) is 0 Å². The molecule has 0 atom stereocenters. The van der Waals surface area contributed by atoms with E-state index >= 15 is 0 Å². The fourth-order valence-corrected chi connectivity index (χ4v) is 2.35. The van der Waals surface area contributed by atoms with Gasteiger partial charge in [-0.15, -0.1) is 0 Å². The van der Waals surface area contributed by atoms with Crippen LogP contribution in [-0.2, 0) is 12.8 Å². The molecule has 0 aliphatic rings. The molecule has 1 rings (SSSR count). The Morgan fingerprint density at radius 2 is 2.00 bits per heavy atom. The second-order valence-corrected chi connectivity index (χ2v) is 3.72. The first-order chi connectivity index (χ1) is 6.24. The predicted molar refractivity (Wildman–Crippen MR) is 58.3 cm³/mol. The molecule has 0 spiro atoms. The van der Waals surface area contributed by atoms with Crippen molar-refractivity contribution >= 4 is 22.2 Å². The van der Waals surface area contributed by atoms with E-state index < -0.39 is 0 Å². The van der Waals surface area contributed by atoms with Crippen LogP contribution in [-0.4, -0.2) is 6.29 Å². The fourth-order valence-electron chi connectivity index (χ4n) is 1.43. The molecule has 13 heavy (non-hydrogen) atoms. The normalized spacial score (nSPS) is 10.1. The van der Waals surface area contributed by atoms with E-state index in [-0.39, 0.29) is 0 Å². The van der Waals surface area contributed by atoms with Gasteiger partial charge in [0.25, 0.3) is 0 Å². The van der Waals surface area contributed by atoms with Crippen LogP contribution in [0.2, 0.25) is 0 Å². The van der Waals surface area contributed by atoms with Gasteiger partial charge in [-0.2, -0.15) is 0 Å². The molecular weight excluding hydrogens is 228 g/mol. The number of hydrogen-bond donors (Lipinski definition) is 0. The van der Waals surface area contributed by atoms with Crippen molar-refractivity contribution < 1.29 is 4.79 Å². The standard InChI is InChI=1S/C11H13BrO/c1-3-8-5-6-9(7-13)10(4-2)11(8)12/h5-7H,3-4H2,1-2H3. The average Bonchev–Trinajstić information content (AvgIpc) is 2.17. The summed E-state index contributed by atoms with van der Waals surface area (Å²) in [6, 6.07) is 3.91. The number of carbonyl (C=O) groups excluding carboxylic acids is 1. The van der Waals surface area contributed by atoms with Crippen LogP contribution < -0.4 is 0 Å². The zero-order chi connectivity index (χ0) is 9.84. The zero-order valence-corrected chi connectivity index (χ0v) is 9.52. The van der Waals surface area contributed by atoms with Crippen molar-refractivity contribution in [2.24, 2.45) is 0 Å². The summed E-state index contributed by atoms with van der Waals surface area (Å²) < 4.78 is 1.10. The largest absolute Gasteiger partial charge is 0.298 e. The third-order valence-electron chi connectivity index (χ3n) is 2.22. The molecule has 0 aliphatic heterocycles. The smallest absolute Gasteiger partial charge is 0.150 e. The van der Waals surface area contributed by atoms with E-state index in [2.05, 4.69) is 29.8 Å². The minimum atomic E-state index is 0.798. The minimum absolute atomic E-state index is 0.798. The average molecular weight is 241 g/mol. The highest BCUT2D eigenvalue weighted by atomic mass is 79.9. The lowest BCUT2D eigenvalue weighted by atomic mass is 10.0. The van der Waals surface area contributed by atoms with E-state index in [4.69, 9.17) is 0 Å². The Kier molecular flexibility index (Phi) is 3.67. The molecular formula is C11H13BrO. The number of halogens is 1. The molecule has 1 nitrogen and oxygen atoms in total. The molecule has 0 fully saturated rings. The van der Waals surface area contributed by atoms with Crippen LogP contribution >= 0.6 is 15.9 Å². The topological polar surface area (TPSA) is 17.1 Å². The third-order valence-corrected chi connectivity index (χ3v) is 3.21. The molecule has 0 aromatic heterocycles. The molecule has 0 saturated carbocycles.